The standard InChI is InChI=1S/C8H7BrN2S/c9-4-8-11-7(5-12-8)6-2-1-3-10-6/h1-3,5,10H,4H2. The molecule has 0 saturated carbocycles. The van der Waals surface area contributed by atoms with E-state index in [2.05, 4.69) is 31.3 Å². The third-order valence-corrected chi connectivity index (χ3v) is 3.29. The lowest BCUT2D eigenvalue weighted by molar-refractivity contribution is 1.25. The van der Waals surface area contributed by atoms with Gasteiger partial charge >= 0.3 is 0 Å². The first kappa shape index (κ1) is 8.01. The van der Waals surface area contributed by atoms with Crippen molar-refractivity contribution < 1.29 is 0 Å². The molecule has 0 aliphatic rings. The van der Waals surface area contributed by atoms with Crippen molar-refractivity contribution in [3.8, 4) is 11.4 Å². The lowest BCUT2D eigenvalue weighted by atomic mass is 10.3. The van der Waals surface area contributed by atoms with E-state index < -0.39 is 0 Å². The van der Waals surface area contributed by atoms with Crippen LogP contribution in [0.5, 0.6) is 0 Å². The fraction of sp³-hybridized carbons (Fsp3) is 0.125. The zero-order chi connectivity index (χ0) is 8.39. The highest BCUT2D eigenvalue weighted by Gasteiger charge is 2.02. The predicted octanol–water partition coefficient (Wildman–Crippen LogP) is 3.03. The van der Waals surface area contributed by atoms with Crippen LogP contribution >= 0.6 is 27.3 Å². The van der Waals surface area contributed by atoms with E-state index in [4.69, 9.17) is 0 Å². The highest BCUT2D eigenvalue weighted by Crippen LogP contribution is 2.21. The van der Waals surface area contributed by atoms with Gasteiger partial charge < -0.3 is 4.98 Å². The average Bonchev–Trinajstić information content (AvgIpc) is 2.75. The van der Waals surface area contributed by atoms with E-state index in [1.165, 1.54) is 0 Å². The molecule has 2 heterocycles. The Labute approximate surface area is 82.8 Å². The molecule has 0 amide bonds. The van der Waals surface area contributed by atoms with Gasteiger partial charge in [-0.3, -0.25) is 0 Å². The smallest absolute Gasteiger partial charge is 0.104 e. The van der Waals surface area contributed by atoms with E-state index >= 15 is 0 Å². The Balaban J connectivity index is 2.35. The molecule has 0 aliphatic carbocycles. The normalized spacial score (nSPS) is 10.4. The molecule has 2 aromatic rings. The summed E-state index contributed by atoms with van der Waals surface area (Å²) < 4.78 is 0. The molecule has 0 fully saturated rings. The monoisotopic (exact) mass is 242 g/mol. The summed E-state index contributed by atoms with van der Waals surface area (Å²) in [7, 11) is 0. The lowest BCUT2D eigenvalue weighted by Crippen LogP contribution is -1.77. The lowest BCUT2D eigenvalue weighted by Gasteiger charge is -1.87. The van der Waals surface area contributed by atoms with Gasteiger partial charge in [0.05, 0.1) is 16.7 Å². The van der Waals surface area contributed by atoms with Crippen molar-refractivity contribution in [2.75, 3.05) is 0 Å². The van der Waals surface area contributed by atoms with Gasteiger partial charge in [0.25, 0.3) is 0 Å². The van der Waals surface area contributed by atoms with Crippen LogP contribution in [0.1, 0.15) is 5.01 Å². The highest BCUT2D eigenvalue weighted by molar-refractivity contribution is 9.08. The number of nitrogens with zero attached hydrogens (tertiary/aromatic N) is 1. The van der Waals surface area contributed by atoms with Crippen LogP contribution in [0, 0.1) is 0 Å². The van der Waals surface area contributed by atoms with Gasteiger partial charge in [0.1, 0.15) is 5.01 Å². The number of hydrogen-bond donors (Lipinski definition) is 1. The minimum Gasteiger partial charge on any atom is -0.360 e. The van der Waals surface area contributed by atoms with E-state index in [0.717, 1.165) is 21.7 Å². The second-order valence-corrected chi connectivity index (χ2v) is 3.85. The van der Waals surface area contributed by atoms with Crippen molar-refractivity contribution in [2.24, 2.45) is 0 Å². The van der Waals surface area contributed by atoms with Crippen LogP contribution in [-0.2, 0) is 5.33 Å². The molecule has 0 aromatic carbocycles. The molecule has 0 spiro atoms. The van der Waals surface area contributed by atoms with E-state index in [1.807, 2.05) is 18.3 Å². The molecular weight excluding hydrogens is 236 g/mol. The molecule has 0 atom stereocenters. The Kier molecular flexibility index (Phi) is 2.28. The maximum absolute atomic E-state index is 4.41. The zero-order valence-corrected chi connectivity index (χ0v) is 8.65. The third-order valence-electron chi connectivity index (χ3n) is 1.54. The Morgan fingerprint density at radius 1 is 1.58 bits per heavy atom. The molecule has 62 valence electrons. The van der Waals surface area contributed by atoms with Gasteiger partial charge in [-0.2, -0.15) is 0 Å². The number of H-pyrrole nitrogens is 1. The molecular formula is C8H7BrN2S. The Morgan fingerprint density at radius 2 is 2.50 bits per heavy atom. The molecule has 0 saturated heterocycles. The average molecular weight is 243 g/mol. The summed E-state index contributed by atoms with van der Waals surface area (Å²) in [6.45, 7) is 0. The Bertz CT molecular complexity index is 353. The Morgan fingerprint density at radius 3 is 3.08 bits per heavy atom. The van der Waals surface area contributed by atoms with Gasteiger partial charge in [0, 0.05) is 11.6 Å². The van der Waals surface area contributed by atoms with Crippen molar-refractivity contribution in [3.63, 3.8) is 0 Å². The van der Waals surface area contributed by atoms with Crippen LogP contribution in [0.25, 0.3) is 11.4 Å². The summed E-state index contributed by atoms with van der Waals surface area (Å²) >= 11 is 5.04. The van der Waals surface area contributed by atoms with E-state index in [9.17, 15) is 0 Å². The van der Waals surface area contributed by atoms with Gasteiger partial charge in [0.2, 0.25) is 0 Å². The zero-order valence-electron chi connectivity index (χ0n) is 6.25. The van der Waals surface area contributed by atoms with Gasteiger partial charge in [-0.25, -0.2) is 4.98 Å². The molecule has 2 aromatic heterocycles. The van der Waals surface area contributed by atoms with Crippen molar-refractivity contribution in [1.29, 1.82) is 0 Å². The summed E-state index contributed by atoms with van der Waals surface area (Å²) in [6, 6.07) is 4.00. The minimum atomic E-state index is 0.832. The summed E-state index contributed by atoms with van der Waals surface area (Å²) in [5.41, 5.74) is 2.11. The molecule has 0 unspecified atom stereocenters. The molecule has 12 heavy (non-hydrogen) atoms. The number of aromatic nitrogens is 2. The highest BCUT2D eigenvalue weighted by atomic mass is 79.9. The molecule has 2 nitrogen and oxygen atoms in total. The fourth-order valence-electron chi connectivity index (χ4n) is 0.986. The van der Waals surface area contributed by atoms with E-state index in [1.54, 1.807) is 11.3 Å². The second kappa shape index (κ2) is 3.41. The number of rotatable bonds is 2. The van der Waals surface area contributed by atoms with Crippen molar-refractivity contribution in [3.05, 3.63) is 28.7 Å². The summed E-state index contributed by atoms with van der Waals surface area (Å²) in [6.07, 6.45) is 1.91. The molecule has 1 N–H and O–H groups in total. The molecule has 2 rings (SSSR count). The van der Waals surface area contributed by atoms with Crippen molar-refractivity contribution in [1.82, 2.24) is 9.97 Å². The van der Waals surface area contributed by atoms with Crippen LogP contribution in [0.2, 0.25) is 0 Å². The number of alkyl halides is 1. The Hall–Kier alpha value is -0.610. The SMILES string of the molecule is BrCc1nc(-c2ccc[nH]2)cs1. The van der Waals surface area contributed by atoms with Gasteiger partial charge in [-0.05, 0) is 12.1 Å². The molecule has 0 bridgehead atoms. The maximum Gasteiger partial charge on any atom is 0.104 e. The predicted molar refractivity (Wildman–Crippen MR) is 54.5 cm³/mol. The maximum atomic E-state index is 4.41. The quantitative estimate of drug-likeness (QED) is 0.807. The topological polar surface area (TPSA) is 28.7 Å². The van der Waals surface area contributed by atoms with Crippen molar-refractivity contribution >= 4 is 27.3 Å². The summed E-state index contributed by atoms with van der Waals surface area (Å²) in [5.74, 6) is 0. The first-order valence-corrected chi connectivity index (χ1v) is 5.54. The second-order valence-electron chi connectivity index (χ2n) is 2.34. The number of aromatic amines is 1. The van der Waals surface area contributed by atoms with Crippen LogP contribution in [0.4, 0.5) is 0 Å². The van der Waals surface area contributed by atoms with Gasteiger partial charge in [0.15, 0.2) is 0 Å². The fourth-order valence-corrected chi connectivity index (χ4v) is 2.15. The van der Waals surface area contributed by atoms with E-state index in [0.29, 0.717) is 0 Å². The molecule has 0 radical (unpaired) electrons. The molecule has 0 aliphatic heterocycles. The first-order chi connectivity index (χ1) is 5.90. The van der Waals surface area contributed by atoms with E-state index in [-0.39, 0.29) is 0 Å². The largest absolute Gasteiger partial charge is 0.360 e. The number of hydrogen-bond acceptors (Lipinski definition) is 2. The summed E-state index contributed by atoms with van der Waals surface area (Å²) in [4.78, 5) is 7.53. The van der Waals surface area contributed by atoms with Crippen LogP contribution in [-0.4, -0.2) is 9.97 Å². The number of nitrogens with one attached hydrogen (secondary N) is 1. The third kappa shape index (κ3) is 1.44. The van der Waals surface area contributed by atoms with Gasteiger partial charge in [-0.1, -0.05) is 15.9 Å². The number of halogens is 1. The van der Waals surface area contributed by atoms with Crippen LogP contribution in [0.15, 0.2) is 23.7 Å². The molecule has 4 heteroatoms. The van der Waals surface area contributed by atoms with Gasteiger partial charge in [-0.15, -0.1) is 11.3 Å². The minimum absolute atomic E-state index is 0.832. The van der Waals surface area contributed by atoms with Crippen LogP contribution < -0.4 is 0 Å². The van der Waals surface area contributed by atoms with Crippen LogP contribution in [0.3, 0.4) is 0 Å². The summed E-state index contributed by atoms with van der Waals surface area (Å²) in [5, 5.41) is 4.00. The van der Waals surface area contributed by atoms with Crippen molar-refractivity contribution in [2.45, 2.75) is 5.33 Å². The first-order valence-electron chi connectivity index (χ1n) is 3.54. The number of thiazole rings is 1.